The highest BCUT2D eigenvalue weighted by atomic mass is 16.5. The molecular weight excluding hydrogens is 290 g/mol. The van der Waals surface area contributed by atoms with E-state index in [1.54, 1.807) is 24.3 Å². The Labute approximate surface area is 132 Å². The number of imide groups is 1. The summed E-state index contributed by atoms with van der Waals surface area (Å²) < 4.78 is 5.25. The van der Waals surface area contributed by atoms with Crippen LogP contribution in [0.2, 0.25) is 0 Å². The topological polar surface area (TPSA) is 46.6 Å². The second-order valence-electron chi connectivity index (χ2n) is 5.33. The second-order valence-corrected chi connectivity index (χ2v) is 5.33. The van der Waals surface area contributed by atoms with Gasteiger partial charge in [-0.3, -0.25) is 9.59 Å². The molecule has 0 atom stereocenters. The normalized spacial score (nSPS) is 13.5. The van der Waals surface area contributed by atoms with Gasteiger partial charge in [-0.2, -0.15) is 0 Å². The Morgan fingerprint density at radius 2 is 1.57 bits per heavy atom. The Hall–Kier alpha value is -3.14. The SMILES string of the molecule is COc1cccc2c1C(=O)N(c1cccc3ccccc13)C2=O. The van der Waals surface area contributed by atoms with Crippen molar-refractivity contribution in [3.63, 3.8) is 0 Å². The molecule has 4 rings (SSSR count). The molecule has 4 nitrogen and oxygen atoms in total. The lowest BCUT2D eigenvalue weighted by atomic mass is 10.1. The van der Waals surface area contributed by atoms with E-state index in [0.717, 1.165) is 10.8 Å². The van der Waals surface area contributed by atoms with E-state index >= 15 is 0 Å². The molecule has 4 heteroatoms. The van der Waals surface area contributed by atoms with Crippen LogP contribution in [0.5, 0.6) is 5.75 Å². The van der Waals surface area contributed by atoms with Gasteiger partial charge in [0.05, 0.1) is 23.9 Å². The monoisotopic (exact) mass is 303 g/mol. The highest BCUT2D eigenvalue weighted by Crippen LogP contribution is 2.36. The third-order valence-electron chi connectivity index (χ3n) is 4.10. The van der Waals surface area contributed by atoms with Crippen LogP contribution < -0.4 is 9.64 Å². The van der Waals surface area contributed by atoms with E-state index in [2.05, 4.69) is 0 Å². The van der Waals surface area contributed by atoms with Gasteiger partial charge in [0.15, 0.2) is 0 Å². The summed E-state index contributed by atoms with van der Waals surface area (Å²) in [4.78, 5) is 26.9. The van der Waals surface area contributed by atoms with E-state index in [0.29, 0.717) is 22.6 Å². The van der Waals surface area contributed by atoms with E-state index in [-0.39, 0.29) is 11.8 Å². The average Bonchev–Trinajstić information content (AvgIpc) is 2.85. The fraction of sp³-hybridized carbons (Fsp3) is 0.0526. The van der Waals surface area contributed by atoms with Crippen molar-refractivity contribution in [2.75, 3.05) is 12.0 Å². The molecule has 0 N–H and O–H groups in total. The number of anilines is 1. The first kappa shape index (κ1) is 13.5. The van der Waals surface area contributed by atoms with Crippen molar-refractivity contribution in [3.8, 4) is 5.75 Å². The van der Waals surface area contributed by atoms with E-state index in [9.17, 15) is 9.59 Å². The maximum Gasteiger partial charge on any atom is 0.269 e. The zero-order valence-electron chi connectivity index (χ0n) is 12.4. The van der Waals surface area contributed by atoms with E-state index in [4.69, 9.17) is 4.74 Å². The summed E-state index contributed by atoms with van der Waals surface area (Å²) in [6, 6.07) is 18.3. The molecular formula is C19H13NO3. The van der Waals surface area contributed by atoms with Gasteiger partial charge in [0, 0.05) is 5.39 Å². The molecule has 0 aromatic heterocycles. The number of carbonyl (C=O) groups excluding carboxylic acids is 2. The summed E-state index contributed by atoms with van der Waals surface area (Å²) in [7, 11) is 1.49. The molecule has 1 aliphatic rings. The van der Waals surface area contributed by atoms with Gasteiger partial charge in [-0.1, -0.05) is 42.5 Å². The quantitative estimate of drug-likeness (QED) is 0.679. The molecule has 0 unspecified atom stereocenters. The first-order valence-corrected chi connectivity index (χ1v) is 7.26. The van der Waals surface area contributed by atoms with Crippen molar-refractivity contribution in [3.05, 3.63) is 71.8 Å². The smallest absolute Gasteiger partial charge is 0.269 e. The van der Waals surface area contributed by atoms with Crippen LogP contribution in [-0.4, -0.2) is 18.9 Å². The summed E-state index contributed by atoms with van der Waals surface area (Å²) >= 11 is 0. The number of fused-ring (bicyclic) bond motifs is 2. The molecule has 0 fully saturated rings. The number of carbonyl (C=O) groups is 2. The first-order valence-electron chi connectivity index (χ1n) is 7.26. The lowest BCUT2D eigenvalue weighted by Crippen LogP contribution is -2.29. The van der Waals surface area contributed by atoms with Crippen LogP contribution in [0.1, 0.15) is 20.7 Å². The van der Waals surface area contributed by atoms with Crippen molar-refractivity contribution in [2.45, 2.75) is 0 Å². The Kier molecular flexibility index (Phi) is 2.91. The molecule has 112 valence electrons. The van der Waals surface area contributed by atoms with Crippen LogP contribution in [0.3, 0.4) is 0 Å². The number of ether oxygens (including phenoxy) is 1. The van der Waals surface area contributed by atoms with Crippen LogP contribution in [-0.2, 0) is 0 Å². The molecule has 0 spiro atoms. The molecule has 0 radical (unpaired) electrons. The van der Waals surface area contributed by atoms with Gasteiger partial charge in [0.25, 0.3) is 11.8 Å². The van der Waals surface area contributed by atoms with E-state index in [1.165, 1.54) is 12.0 Å². The molecule has 0 saturated carbocycles. The minimum Gasteiger partial charge on any atom is -0.496 e. The maximum absolute atomic E-state index is 12.9. The molecule has 2 amide bonds. The molecule has 3 aromatic carbocycles. The third kappa shape index (κ3) is 1.85. The summed E-state index contributed by atoms with van der Waals surface area (Å²) in [5, 5.41) is 1.84. The molecule has 1 heterocycles. The minimum absolute atomic E-state index is 0.319. The van der Waals surface area contributed by atoms with Gasteiger partial charge in [0.1, 0.15) is 5.75 Å². The number of amides is 2. The molecule has 3 aromatic rings. The summed E-state index contributed by atoms with van der Waals surface area (Å²) in [6.07, 6.45) is 0. The standard InChI is InChI=1S/C19H13NO3/c1-23-16-11-5-9-14-17(16)19(22)20(18(14)21)15-10-4-7-12-6-2-3-8-13(12)15/h2-11H,1H3. The van der Waals surface area contributed by atoms with Crippen LogP contribution in [0, 0.1) is 0 Å². The zero-order chi connectivity index (χ0) is 16.0. The van der Waals surface area contributed by atoms with Crippen LogP contribution in [0.4, 0.5) is 5.69 Å². The molecule has 0 aliphatic carbocycles. The Morgan fingerprint density at radius 1 is 0.826 bits per heavy atom. The maximum atomic E-state index is 12.9. The lowest BCUT2D eigenvalue weighted by Gasteiger charge is -2.16. The van der Waals surface area contributed by atoms with Gasteiger partial charge in [-0.05, 0) is 23.6 Å². The number of methoxy groups -OCH3 is 1. The number of hydrogen-bond acceptors (Lipinski definition) is 3. The van der Waals surface area contributed by atoms with E-state index < -0.39 is 0 Å². The van der Waals surface area contributed by atoms with Gasteiger partial charge < -0.3 is 4.74 Å². The predicted octanol–water partition coefficient (Wildman–Crippen LogP) is 3.65. The fourth-order valence-corrected chi connectivity index (χ4v) is 3.05. The predicted molar refractivity (Wildman–Crippen MR) is 88.1 cm³/mol. The van der Waals surface area contributed by atoms with Gasteiger partial charge in [-0.25, -0.2) is 4.90 Å². The van der Waals surface area contributed by atoms with Crippen molar-refractivity contribution < 1.29 is 14.3 Å². The number of hydrogen-bond donors (Lipinski definition) is 0. The van der Waals surface area contributed by atoms with Crippen LogP contribution in [0.25, 0.3) is 10.8 Å². The highest BCUT2D eigenvalue weighted by molar-refractivity contribution is 6.36. The second kappa shape index (κ2) is 4.95. The number of benzene rings is 3. The summed E-state index contributed by atoms with van der Waals surface area (Å²) in [5.74, 6) is -0.248. The molecule has 0 saturated heterocycles. The van der Waals surface area contributed by atoms with Gasteiger partial charge >= 0.3 is 0 Å². The molecule has 23 heavy (non-hydrogen) atoms. The summed E-state index contributed by atoms with van der Waals surface area (Å²) in [6.45, 7) is 0. The fourth-order valence-electron chi connectivity index (χ4n) is 3.05. The van der Waals surface area contributed by atoms with Crippen molar-refractivity contribution >= 4 is 28.3 Å². The largest absolute Gasteiger partial charge is 0.496 e. The number of rotatable bonds is 2. The highest BCUT2D eigenvalue weighted by Gasteiger charge is 2.39. The van der Waals surface area contributed by atoms with Crippen LogP contribution in [0.15, 0.2) is 60.7 Å². The van der Waals surface area contributed by atoms with Crippen LogP contribution >= 0.6 is 0 Å². The van der Waals surface area contributed by atoms with E-state index in [1.807, 2.05) is 36.4 Å². The summed E-state index contributed by atoms with van der Waals surface area (Å²) in [5.41, 5.74) is 1.30. The third-order valence-corrected chi connectivity index (χ3v) is 4.10. The number of nitrogens with zero attached hydrogens (tertiary/aromatic N) is 1. The first-order chi connectivity index (χ1) is 11.2. The lowest BCUT2D eigenvalue weighted by molar-refractivity contribution is 0.0926. The van der Waals surface area contributed by atoms with Gasteiger partial charge in [0.2, 0.25) is 0 Å². The van der Waals surface area contributed by atoms with Crippen molar-refractivity contribution in [1.29, 1.82) is 0 Å². The minimum atomic E-state index is -0.348. The van der Waals surface area contributed by atoms with Gasteiger partial charge in [-0.15, -0.1) is 0 Å². The molecule has 1 aliphatic heterocycles. The Balaban J connectivity index is 1.94. The Morgan fingerprint density at radius 3 is 2.39 bits per heavy atom. The van der Waals surface area contributed by atoms with Crippen molar-refractivity contribution in [2.24, 2.45) is 0 Å². The van der Waals surface area contributed by atoms with Crippen molar-refractivity contribution in [1.82, 2.24) is 0 Å². The zero-order valence-corrected chi connectivity index (χ0v) is 12.4. The molecule has 0 bridgehead atoms. The average molecular weight is 303 g/mol. The Bertz CT molecular complexity index is 956.